The number of rotatable bonds is 6. The predicted octanol–water partition coefficient (Wildman–Crippen LogP) is 2.46. The van der Waals surface area contributed by atoms with Crippen molar-refractivity contribution in [2.75, 3.05) is 13.2 Å². The summed E-state index contributed by atoms with van der Waals surface area (Å²) in [5.41, 5.74) is 2.13. The minimum Gasteiger partial charge on any atom is -0.368 e. The Kier molecular flexibility index (Phi) is 6.13. The summed E-state index contributed by atoms with van der Waals surface area (Å²) in [5.74, 6) is -0.439. The summed E-state index contributed by atoms with van der Waals surface area (Å²) in [6.45, 7) is 4.52. The predicted molar refractivity (Wildman–Crippen MR) is 115 cm³/mol. The van der Waals surface area contributed by atoms with E-state index in [0.717, 1.165) is 11.3 Å². The van der Waals surface area contributed by atoms with Gasteiger partial charge in [0.1, 0.15) is 18.7 Å². The molecule has 3 unspecified atom stereocenters. The second-order valence-corrected chi connectivity index (χ2v) is 8.53. The van der Waals surface area contributed by atoms with Gasteiger partial charge < -0.3 is 15.0 Å². The summed E-state index contributed by atoms with van der Waals surface area (Å²) in [6, 6.07) is 12.0. The van der Waals surface area contributed by atoms with Crippen LogP contribution >= 0.6 is 0 Å². The van der Waals surface area contributed by atoms with Gasteiger partial charge in [-0.15, -0.1) is 0 Å². The zero-order chi connectivity index (χ0) is 22.0. The van der Waals surface area contributed by atoms with Crippen molar-refractivity contribution in [2.24, 2.45) is 5.92 Å². The van der Waals surface area contributed by atoms with Gasteiger partial charge in [0.05, 0.1) is 17.4 Å². The number of ketones is 1. The van der Waals surface area contributed by atoms with Gasteiger partial charge in [0, 0.05) is 18.3 Å². The van der Waals surface area contributed by atoms with Crippen LogP contribution < -0.4 is 5.32 Å². The molecular weight excluding hydrogens is 394 g/mol. The average Bonchev–Trinajstić information content (AvgIpc) is 3.36. The number of ether oxygens (including phenoxy) is 1. The van der Waals surface area contributed by atoms with Gasteiger partial charge in [-0.05, 0) is 30.9 Å². The summed E-state index contributed by atoms with van der Waals surface area (Å²) >= 11 is 0. The van der Waals surface area contributed by atoms with Crippen LogP contribution in [-0.4, -0.2) is 58.8 Å². The Morgan fingerprint density at radius 2 is 1.97 bits per heavy atom. The Bertz CT molecular complexity index is 959. The van der Waals surface area contributed by atoms with Gasteiger partial charge in [-0.25, -0.2) is 0 Å². The van der Waals surface area contributed by atoms with Gasteiger partial charge in [0.25, 0.3) is 5.91 Å². The molecule has 31 heavy (non-hydrogen) atoms. The number of benzene rings is 1. The minimum atomic E-state index is -0.701. The van der Waals surface area contributed by atoms with Crippen molar-refractivity contribution < 1.29 is 19.1 Å². The van der Waals surface area contributed by atoms with Gasteiger partial charge in [0.2, 0.25) is 5.91 Å². The first-order valence-corrected chi connectivity index (χ1v) is 10.7. The van der Waals surface area contributed by atoms with Crippen LogP contribution in [0.2, 0.25) is 0 Å². The third-order valence-corrected chi connectivity index (χ3v) is 5.80. The number of carbonyl (C=O) groups excluding carboxylic acids is 3. The minimum absolute atomic E-state index is 0.0553. The van der Waals surface area contributed by atoms with Gasteiger partial charge >= 0.3 is 0 Å². The van der Waals surface area contributed by atoms with E-state index < -0.39 is 12.1 Å². The lowest BCUT2D eigenvalue weighted by Gasteiger charge is -2.28. The quantitative estimate of drug-likeness (QED) is 0.774. The molecule has 2 fully saturated rings. The molecule has 162 valence electrons. The van der Waals surface area contributed by atoms with Crippen molar-refractivity contribution in [1.29, 1.82) is 0 Å². The lowest BCUT2D eigenvalue weighted by molar-refractivity contribution is -0.138. The molecule has 2 aromatic rings. The van der Waals surface area contributed by atoms with Crippen molar-refractivity contribution in [2.45, 2.75) is 44.9 Å². The molecule has 1 N–H and O–H groups in total. The average molecular weight is 421 g/mol. The van der Waals surface area contributed by atoms with Gasteiger partial charge in [-0.2, -0.15) is 0 Å². The van der Waals surface area contributed by atoms with E-state index in [1.807, 2.05) is 44.2 Å². The van der Waals surface area contributed by atoms with Gasteiger partial charge in [0.15, 0.2) is 5.78 Å². The molecule has 0 bridgehead atoms. The number of amides is 2. The molecule has 2 aliphatic rings. The Morgan fingerprint density at radius 3 is 2.65 bits per heavy atom. The molecule has 7 heteroatoms. The molecule has 3 atom stereocenters. The van der Waals surface area contributed by atoms with Gasteiger partial charge in [-0.1, -0.05) is 44.2 Å². The number of likely N-dealkylation sites (tertiary alicyclic amines) is 1. The number of nitrogens with zero attached hydrogens (tertiary/aromatic N) is 2. The van der Waals surface area contributed by atoms with Crippen molar-refractivity contribution >= 4 is 17.6 Å². The maximum Gasteiger partial charge on any atom is 0.253 e. The Labute approximate surface area is 181 Å². The maximum atomic E-state index is 13.3. The SMILES string of the molecule is CC(C)CC(NC(=O)c1ccc(-c2ccccc2)nc1)C(=O)N1CCC2OCC(=O)C21. The summed E-state index contributed by atoms with van der Waals surface area (Å²) in [7, 11) is 0. The van der Waals surface area contributed by atoms with Crippen LogP contribution in [0.5, 0.6) is 0 Å². The Balaban J connectivity index is 1.48. The molecule has 2 aliphatic heterocycles. The molecule has 3 heterocycles. The highest BCUT2D eigenvalue weighted by molar-refractivity contribution is 5.99. The molecule has 0 aliphatic carbocycles. The van der Waals surface area contributed by atoms with Crippen LogP contribution in [0.4, 0.5) is 0 Å². The summed E-state index contributed by atoms with van der Waals surface area (Å²) < 4.78 is 5.49. The number of hydrogen-bond donors (Lipinski definition) is 1. The second-order valence-electron chi connectivity index (χ2n) is 8.53. The Morgan fingerprint density at radius 1 is 1.19 bits per heavy atom. The molecule has 2 saturated heterocycles. The van der Waals surface area contributed by atoms with Crippen LogP contribution in [0.1, 0.15) is 37.0 Å². The number of hydrogen-bond acceptors (Lipinski definition) is 5. The first-order valence-electron chi connectivity index (χ1n) is 10.7. The monoisotopic (exact) mass is 421 g/mol. The van der Waals surface area contributed by atoms with Crippen molar-refractivity contribution in [3.05, 3.63) is 54.2 Å². The van der Waals surface area contributed by atoms with Crippen LogP contribution in [0.3, 0.4) is 0 Å². The number of carbonyl (C=O) groups is 3. The fourth-order valence-electron chi connectivity index (χ4n) is 4.28. The highest BCUT2D eigenvalue weighted by Crippen LogP contribution is 2.28. The molecule has 0 spiro atoms. The van der Waals surface area contributed by atoms with Crippen molar-refractivity contribution in [1.82, 2.24) is 15.2 Å². The largest absolute Gasteiger partial charge is 0.368 e. The van der Waals surface area contributed by atoms with Crippen LogP contribution in [0.15, 0.2) is 48.7 Å². The molecule has 1 aromatic heterocycles. The lowest BCUT2D eigenvalue weighted by Crippen LogP contribution is -2.52. The highest BCUT2D eigenvalue weighted by Gasteiger charge is 2.48. The number of pyridine rings is 1. The number of fused-ring (bicyclic) bond motifs is 1. The molecule has 7 nitrogen and oxygen atoms in total. The molecule has 4 rings (SSSR count). The van der Waals surface area contributed by atoms with Crippen LogP contribution in [0.25, 0.3) is 11.3 Å². The van der Waals surface area contributed by atoms with E-state index in [0.29, 0.717) is 24.9 Å². The van der Waals surface area contributed by atoms with Crippen molar-refractivity contribution in [3.8, 4) is 11.3 Å². The molecule has 1 aromatic carbocycles. The van der Waals surface area contributed by atoms with E-state index >= 15 is 0 Å². The van der Waals surface area contributed by atoms with Crippen LogP contribution in [-0.2, 0) is 14.3 Å². The summed E-state index contributed by atoms with van der Waals surface area (Å²) in [4.78, 5) is 44.3. The first-order chi connectivity index (χ1) is 14.9. The smallest absolute Gasteiger partial charge is 0.253 e. The number of Topliss-reactive ketones (excluding diaryl/α,β-unsaturated/α-hetero) is 1. The third-order valence-electron chi connectivity index (χ3n) is 5.80. The van der Waals surface area contributed by atoms with Gasteiger partial charge in [-0.3, -0.25) is 19.4 Å². The zero-order valence-corrected chi connectivity index (χ0v) is 17.8. The van der Waals surface area contributed by atoms with E-state index in [2.05, 4.69) is 10.3 Å². The fourth-order valence-corrected chi connectivity index (χ4v) is 4.28. The number of aromatic nitrogens is 1. The lowest BCUT2D eigenvalue weighted by atomic mass is 10.0. The summed E-state index contributed by atoms with van der Waals surface area (Å²) in [6.07, 6.45) is 2.44. The van der Waals surface area contributed by atoms with Crippen molar-refractivity contribution in [3.63, 3.8) is 0 Å². The number of nitrogens with one attached hydrogen (secondary N) is 1. The second kappa shape index (κ2) is 8.98. The first kappa shape index (κ1) is 21.2. The maximum absolute atomic E-state index is 13.3. The Hall–Kier alpha value is -3.06. The summed E-state index contributed by atoms with van der Waals surface area (Å²) in [5, 5.41) is 2.87. The zero-order valence-electron chi connectivity index (χ0n) is 17.8. The molecule has 2 amide bonds. The molecular formula is C24H27N3O4. The van der Waals surface area contributed by atoms with Crippen LogP contribution in [0, 0.1) is 5.92 Å². The standard InChI is InChI=1S/C24H27N3O4/c1-15(2)12-19(24(30)27-11-10-21-22(27)20(28)14-31-21)26-23(29)17-8-9-18(25-13-17)16-6-4-3-5-7-16/h3-9,13,15,19,21-22H,10-12,14H2,1-2H3,(H,26,29). The van der Waals surface area contributed by atoms with E-state index in [-0.39, 0.29) is 36.2 Å². The topological polar surface area (TPSA) is 88.6 Å². The normalized spacial score (nSPS) is 21.3. The highest BCUT2D eigenvalue weighted by atomic mass is 16.5. The van der Waals surface area contributed by atoms with E-state index in [1.54, 1.807) is 17.0 Å². The van der Waals surface area contributed by atoms with E-state index in [1.165, 1.54) is 6.20 Å². The third kappa shape index (κ3) is 4.51. The van der Waals surface area contributed by atoms with E-state index in [4.69, 9.17) is 4.74 Å². The molecule has 0 radical (unpaired) electrons. The van der Waals surface area contributed by atoms with E-state index in [9.17, 15) is 14.4 Å². The fraction of sp³-hybridized carbons (Fsp3) is 0.417. The molecule has 0 saturated carbocycles.